The zero-order valence-electron chi connectivity index (χ0n) is 13.2. The van der Waals surface area contributed by atoms with Crippen molar-refractivity contribution in [1.82, 2.24) is 4.72 Å². The summed E-state index contributed by atoms with van der Waals surface area (Å²) >= 11 is 0. The summed E-state index contributed by atoms with van der Waals surface area (Å²) in [6.07, 6.45) is 1.39. The molecule has 0 bridgehead atoms. The number of hydrogen-bond acceptors (Lipinski definition) is 4. The Hall–Kier alpha value is -1.11. The highest BCUT2D eigenvalue weighted by Gasteiger charge is 2.36. The lowest BCUT2D eigenvalue weighted by Crippen LogP contribution is -2.45. The van der Waals surface area contributed by atoms with Crippen LogP contribution in [0.25, 0.3) is 0 Å². The Morgan fingerprint density at radius 1 is 1.41 bits per heavy atom. The van der Waals surface area contributed by atoms with E-state index in [9.17, 15) is 8.42 Å². The van der Waals surface area contributed by atoms with Crippen molar-refractivity contribution < 1.29 is 13.2 Å². The summed E-state index contributed by atoms with van der Waals surface area (Å²) < 4.78 is 33.0. The van der Waals surface area contributed by atoms with Crippen LogP contribution in [-0.4, -0.2) is 45.5 Å². The number of ether oxygens (including phenoxy) is 1. The summed E-state index contributed by atoms with van der Waals surface area (Å²) in [4.78, 5) is 2.28. The normalized spacial score (nSPS) is 26.2. The highest BCUT2D eigenvalue weighted by Crippen LogP contribution is 2.29. The van der Waals surface area contributed by atoms with Gasteiger partial charge in [0.25, 0.3) is 0 Å². The summed E-state index contributed by atoms with van der Waals surface area (Å²) in [5.74, 6) is 0. The summed E-state index contributed by atoms with van der Waals surface area (Å²) in [6.45, 7) is 5.81. The number of fused-ring (bicyclic) bond motifs is 1. The number of para-hydroxylation sites is 1. The molecule has 3 rings (SSSR count). The molecular formula is C16H24N2O3S. The molecule has 5 nitrogen and oxygen atoms in total. The third-order valence-corrected chi connectivity index (χ3v) is 6.73. The average Bonchev–Trinajstić information content (AvgIpc) is 3.11. The molecule has 2 aliphatic heterocycles. The predicted molar refractivity (Wildman–Crippen MR) is 87.7 cm³/mol. The first kappa shape index (κ1) is 15.8. The van der Waals surface area contributed by atoms with Crippen LogP contribution in [0.1, 0.15) is 25.8 Å². The number of benzene rings is 1. The van der Waals surface area contributed by atoms with Crippen molar-refractivity contribution in [2.24, 2.45) is 0 Å². The number of hydrogen-bond donors (Lipinski definition) is 1. The summed E-state index contributed by atoms with van der Waals surface area (Å²) in [6, 6.07) is 8.48. The summed E-state index contributed by atoms with van der Waals surface area (Å²) in [5, 5.41) is -0.425. The zero-order chi connectivity index (χ0) is 15.7. The fourth-order valence-corrected chi connectivity index (χ4v) is 5.07. The van der Waals surface area contributed by atoms with Crippen LogP contribution in [0.5, 0.6) is 0 Å². The van der Waals surface area contributed by atoms with Gasteiger partial charge in [0.15, 0.2) is 0 Å². The highest BCUT2D eigenvalue weighted by molar-refractivity contribution is 7.90. The minimum absolute atomic E-state index is 0.135. The largest absolute Gasteiger partial charge is 0.377 e. The maximum Gasteiger partial charge on any atom is 0.217 e. The maximum atomic E-state index is 12.4. The standard InChI is InChI=1S/C16H24N2O3S/c1-12(18-9-7-14-5-3-4-6-15(14)18)11-17-22(19,20)16-8-10-21-13(16)2/h3-6,12-13,16-17H,7-11H2,1-2H3/t12-,13-,16-/m0/s1. The molecule has 6 heteroatoms. The van der Waals surface area contributed by atoms with Crippen LogP contribution in [0.4, 0.5) is 5.69 Å². The molecule has 1 fully saturated rings. The van der Waals surface area contributed by atoms with Gasteiger partial charge in [-0.25, -0.2) is 13.1 Å². The lowest BCUT2D eigenvalue weighted by Gasteiger charge is -2.28. The van der Waals surface area contributed by atoms with Crippen LogP contribution in [0.3, 0.4) is 0 Å². The second-order valence-electron chi connectivity index (χ2n) is 6.22. The minimum atomic E-state index is -3.31. The lowest BCUT2D eigenvalue weighted by molar-refractivity contribution is 0.126. The van der Waals surface area contributed by atoms with Crippen LogP contribution in [0, 0.1) is 0 Å². The van der Waals surface area contributed by atoms with E-state index >= 15 is 0 Å². The number of rotatable bonds is 5. The quantitative estimate of drug-likeness (QED) is 0.892. The van der Waals surface area contributed by atoms with Crippen molar-refractivity contribution >= 4 is 15.7 Å². The van der Waals surface area contributed by atoms with Crippen molar-refractivity contribution in [2.45, 2.75) is 44.1 Å². The van der Waals surface area contributed by atoms with Gasteiger partial charge >= 0.3 is 0 Å². The molecule has 2 aliphatic rings. The van der Waals surface area contributed by atoms with Gasteiger partial charge in [-0.3, -0.25) is 0 Å². The molecular weight excluding hydrogens is 300 g/mol. The molecule has 0 aliphatic carbocycles. The Labute approximate surface area is 132 Å². The molecule has 1 aromatic carbocycles. The van der Waals surface area contributed by atoms with E-state index < -0.39 is 15.3 Å². The summed E-state index contributed by atoms with van der Waals surface area (Å²) in [5.41, 5.74) is 2.57. The van der Waals surface area contributed by atoms with Gasteiger partial charge in [0.1, 0.15) is 5.25 Å². The monoisotopic (exact) mass is 324 g/mol. The van der Waals surface area contributed by atoms with Gasteiger partial charge < -0.3 is 9.64 Å². The van der Waals surface area contributed by atoms with E-state index in [0.717, 1.165) is 13.0 Å². The fourth-order valence-electron chi connectivity index (χ4n) is 3.40. The molecule has 0 radical (unpaired) electrons. The SMILES string of the molecule is C[C@@H]1OCC[C@@H]1S(=O)(=O)NC[C@H](C)N1CCc2ccccc21. The molecule has 3 atom stereocenters. The molecule has 122 valence electrons. The van der Waals surface area contributed by atoms with E-state index in [0.29, 0.717) is 19.6 Å². The van der Waals surface area contributed by atoms with Crippen LogP contribution in [0.2, 0.25) is 0 Å². The van der Waals surface area contributed by atoms with Gasteiger partial charge in [0, 0.05) is 31.4 Å². The van der Waals surface area contributed by atoms with Gasteiger partial charge in [-0.1, -0.05) is 18.2 Å². The smallest absolute Gasteiger partial charge is 0.217 e. The van der Waals surface area contributed by atoms with Crippen molar-refractivity contribution in [2.75, 3.05) is 24.6 Å². The molecule has 2 heterocycles. The van der Waals surface area contributed by atoms with Gasteiger partial charge in [0.2, 0.25) is 10.0 Å². The first-order valence-corrected chi connectivity index (χ1v) is 9.48. The van der Waals surface area contributed by atoms with E-state index in [1.54, 1.807) is 0 Å². The number of anilines is 1. The average molecular weight is 324 g/mol. The third-order valence-electron chi connectivity index (χ3n) is 4.74. The van der Waals surface area contributed by atoms with Gasteiger partial charge in [-0.2, -0.15) is 0 Å². The Balaban J connectivity index is 1.62. The zero-order valence-corrected chi connectivity index (χ0v) is 14.0. The minimum Gasteiger partial charge on any atom is -0.377 e. The Morgan fingerprint density at radius 3 is 2.91 bits per heavy atom. The van der Waals surface area contributed by atoms with Crippen LogP contribution >= 0.6 is 0 Å². The van der Waals surface area contributed by atoms with E-state index in [1.165, 1.54) is 11.3 Å². The van der Waals surface area contributed by atoms with Gasteiger partial charge in [-0.05, 0) is 38.3 Å². The van der Waals surface area contributed by atoms with Crippen LogP contribution in [-0.2, 0) is 21.2 Å². The Morgan fingerprint density at radius 2 is 2.18 bits per heavy atom. The van der Waals surface area contributed by atoms with Gasteiger partial charge in [0.05, 0.1) is 6.10 Å². The van der Waals surface area contributed by atoms with Crippen molar-refractivity contribution in [3.8, 4) is 0 Å². The Bertz CT molecular complexity index is 632. The van der Waals surface area contributed by atoms with Gasteiger partial charge in [-0.15, -0.1) is 0 Å². The van der Waals surface area contributed by atoms with Crippen LogP contribution in [0.15, 0.2) is 24.3 Å². The highest BCUT2D eigenvalue weighted by atomic mass is 32.2. The van der Waals surface area contributed by atoms with E-state index in [2.05, 4.69) is 34.7 Å². The first-order valence-electron chi connectivity index (χ1n) is 7.93. The third kappa shape index (κ3) is 3.00. The molecule has 0 spiro atoms. The molecule has 22 heavy (non-hydrogen) atoms. The van der Waals surface area contributed by atoms with Crippen LogP contribution < -0.4 is 9.62 Å². The molecule has 1 aromatic rings. The fraction of sp³-hybridized carbons (Fsp3) is 0.625. The molecule has 0 aromatic heterocycles. The van der Waals surface area contributed by atoms with E-state index in [-0.39, 0.29) is 12.1 Å². The molecule has 1 saturated heterocycles. The van der Waals surface area contributed by atoms with Crippen molar-refractivity contribution in [3.05, 3.63) is 29.8 Å². The number of sulfonamides is 1. The second-order valence-corrected chi connectivity index (χ2v) is 8.20. The van der Waals surface area contributed by atoms with Crippen molar-refractivity contribution in [1.29, 1.82) is 0 Å². The summed E-state index contributed by atoms with van der Waals surface area (Å²) in [7, 11) is -3.31. The second kappa shape index (κ2) is 6.18. The predicted octanol–water partition coefficient (Wildman–Crippen LogP) is 1.53. The number of nitrogens with one attached hydrogen (secondary N) is 1. The Kier molecular flexibility index (Phi) is 4.43. The van der Waals surface area contributed by atoms with E-state index in [1.807, 2.05) is 13.0 Å². The first-order chi connectivity index (χ1) is 10.5. The molecule has 1 N–H and O–H groups in total. The lowest BCUT2D eigenvalue weighted by atomic mass is 10.2. The molecule has 0 amide bonds. The maximum absolute atomic E-state index is 12.4. The molecule has 0 unspecified atom stereocenters. The number of nitrogens with zero attached hydrogens (tertiary/aromatic N) is 1. The van der Waals surface area contributed by atoms with E-state index in [4.69, 9.17) is 4.74 Å². The molecule has 0 saturated carbocycles. The topological polar surface area (TPSA) is 58.6 Å². The van der Waals surface area contributed by atoms with Crippen molar-refractivity contribution in [3.63, 3.8) is 0 Å².